The maximum absolute atomic E-state index is 14.4. The van der Waals surface area contributed by atoms with Crippen molar-refractivity contribution in [2.24, 2.45) is 11.0 Å². The van der Waals surface area contributed by atoms with Gasteiger partial charge in [0.25, 0.3) is 5.91 Å². The molecule has 2 fully saturated rings. The fraction of sp³-hybridized carbons (Fsp3) is 0.409. The van der Waals surface area contributed by atoms with Crippen LogP contribution in [-0.2, 0) is 4.79 Å². The van der Waals surface area contributed by atoms with Gasteiger partial charge in [0.05, 0.1) is 16.8 Å². The molecule has 0 bridgehead atoms. The molecule has 1 saturated heterocycles. The molecule has 0 radical (unpaired) electrons. The topological polar surface area (TPSA) is 128 Å². The molecule has 1 aromatic heterocycles. The molecule has 1 aliphatic carbocycles. The molecule has 1 aromatic carbocycles. The summed E-state index contributed by atoms with van der Waals surface area (Å²) in [7, 11) is 0. The van der Waals surface area contributed by atoms with Gasteiger partial charge in [0, 0.05) is 32.0 Å². The number of nitrogens with one attached hydrogen (secondary N) is 3. The molecule has 2 aromatic rings. The predicted molar refractivity (Wildman–Crippen MR) is 117 cm³/mol. The number of halogens is 1. The SMILES string of the molecule is O=C(NC1(C(=O)NCC2CCN(c3cccc(F)c3C3=N[NH2+]N3)CC2)CC1)c1cncnc1. The number of nitrogens with zero attached hydrogens (tertiary/aromatic N) is 4. The highest BCUT2D eigenvalue weighted by atomic mass is 19.1. The highest BCUT2D eigenvalue weighted by Crippen LogP contribution is 2.36. The highest BCUT2D eigenvalue weighted by molar-refractivity contribution is 6.04. The van der Waals surface area contributed by atoms with Gasteiger partial charge in [-0.1, -0.05) is 6.07 Å². The third-order valence-corrected chi connectivity index (χ3v) is 6.49. The molecule has 172 valence electrons. The number of amidine groups is 1. The number of quaternary nitrogens is 1. The second-order valence-corrected chi connectivity index (χ2v) is 8.69. The molecule has 0 unspecified atom stereocenters. The number of anilines is 1. The molecule has 2 aliphatic heterocycles. The van der Waals surface area contributed by atoms with Crippen LogP contribution in [0.2, 0.25) is 0 Å². The lowest BCUT2D eigenvalue weighted by Crippen LogP contribution is -2.97. The first-order valence-electron chi connectivity index (χ1n) is 11.1. The van der Waals surface area contributed by atoms with Crippen LogP contribution in [-0.4, -0.2) is 52.8 Å². The van der Waals surface area contributed by atoms with Gasteiger partial charge in [-0.3, -0.25) is 9.59 Å². The van der Waals surface area contributed by atoms with Gasteiger partial charge >= 0.3 is 0 Å². The maximum atomic E-state index is 14.4. The lowest BCUT2D eigenvalue weighted by molar-refractivity contribution is -0.727. The van der Waals surface area contributed by atoms with E-state index in [1.807, 2.05) is 6.07 Å². The molecule has 5 N–H and O–H groups in total. The maximum Gasteiger partial charge on any atom is 0.255 e. The number of rotatable bonds is 7. The van der Waals surface area contributed by atoms with Crippen molar-refractivity contribution in [3.05, 3.63) is 53.9 Å². The quantitative estimate of drug-likeness (QED) is 0.425. The number of piperidine rings is 1. The molecule has 10 nitrogen and oxygen atoms in total. The van der Waals surface area contributed by atoms with Crippen molar-refractivity contribution < 1.29 is 19.5 Å². The Labute approximate surface area is 190 Å². The minimum atomic E-state index is -0.836. The monoisotopic (exact) mass is 453 g/mol. The number of amides is 2. The van der Waals surface area contributed by atoms with E-state index in [0.29, 0.717) is 42.3 Å². The number of hydrogen-bond acceptors (Lipinski definition) is 7. The van der Waals surface area contributed by atoms with Crippen LogP contribution in [0.25, 0.3) is 0 Å². The smallest absolute Gasteiger partial charge is 0.255 e. The summed E-state index contributed by atoms with van der Waals surface area (Å²) < 4.78 is 14.4. The number of benzene rings is 1. The zero-order chi connectivity index (χ0) is 22.8. The summed E-state index contributed by atoms with van der Waals surface area (Å²) in [6, 6.07) is 5.08. The first kappa shape index (κ1) is 21.3. The lowest BCUT2D eigenvalue weighted by Gasteiger charge is -2.35. The molecular formula is C22H26FN8O2+. The first-order chi connectivity index (χ1) is 16.1. The average molecular weight is 454 g/mol. The number of carbonyl (C=O) groups excluding carboxylic acids is 2. The van der Waals surface area contributed by atoms with Crippen LogP contribution in [0.1, 0.15) is 41.6 Å². The van der Waals surface area contributed by atoms with E-state index in [1.165, 1.54) is 24.8 Å². The van der Waals surface area contributed by atoms with E-state index in [2.05, 4.69) is 36.0 Å². The molecule has 33 heavy (non-hydrogen) atoms. The lowest BCUT2D eigenvalue weighted by atomic mass is 9.95. The van der Waals surface area contributed by atoms with Gasteiger partial charge in [-0.05, 0) is 48.8 Å². The van der Waals surface area contributed by atoms with Gasteiger partial charge in [-0.2, -0.15) is 5.43 Å². The van der Waals surface area contributed by atoms with Crippen molar-refractivity contribution in [2.75, 3.05) is 24.5 Å². The normalized spacial score (nSPS) is 19.1. The Hall–Kier alpha value is -3.60. The first-order valence-corrected chi connectivity index (χ1v) is 11.1. The van der Waals surface area contributed by atoms with E-state index < -0.39 is 5.54 Å². The third-order valence-electron chi connectivity index (χ3n) is 6.49. The van der Waals surface area contributed by atoms with Gasteiger partial charge in [0.1, 0.15) is 17.7 Å². The highest BCUT2D eigenvalue weighted by Gasteiger charge is 2.51. The fourth-order valence-electron chi connectivity index (χ4n) is 4.30. The van der Waals surface area contributed by atoms with E-state index in [9.17, 15) is 14.0 Å². The van der Waals surface area contributed by atoms with E-state index in [0.717, 1.165) is 31.6 Å². The van der Waals surface area contributed by atoms with Crippen molar-refractivity contribution in [3.63, 3.8) is 0 Å². The second kappa shape index (κ2) is 8.74. The molecule has 3 aliphatic rings. The number of carbonyl (C=O) groups is 2. The largest absolute Gasteiger partial charge is 0.371 e. The molecule has 3 heterocycles. The summed E-state index contributed by atoms with van der Waals surface area (Å²) >= 11 is 0. The minimum absolute atomic E-state index is 0.145. The molecule has 0 atom stereocenters. The number of hydrogen-bond donors (Lipinski definition) is 4. The summed E-state index contributed by atoms with van der Waals surface area (Å²) in [5.41, 5.74) is 5.32. The third kappa shape index (κ3) is 4.36. The van der Waals surface area contributed by atoms with Crippen molar-refractivity contribution >= 4 is 23.3 Å². The molecule has 5 rings (SSSR count). The van der Waals surface area contributed by atoms with Crippen LogP contribution in [0.5, 0.6) is 0 Å². The zero-order valence-corrected chi connectivity index (χ0v) is 18.1. The van der Waals surface area contributed by atoms with Crippen LogP contribution < -0.4 is 26.5 Å². The Morgan fingerprint density at radius 3 is 2.58 bits per heavy atom. The summed E-state index contributed by atoms with van der Waals surface area (Å²) in [6.45, 7) is 2.09. The van der Waals surface area contributed by atoms with Crippen LogP contribution in [0.15, 0.2) is 42.0 Å². The van der Waals surface area contributed by atoms with Crippen LogP contribution >= 0.6 is 0 Å². The van der Waals surface area contributed by atoms with Crippen LogP contribution in [0.3, 0.4) is 0 Å². The van der Waals surface area contributed by atoms with Crippen molar-refractivity contribution in [3.8, 4) is 0 Å². The zero-order valence-electron chi connectivity index (χ0n) is 18.1. The summed E-state index contributed by atoms with van der Waals surface area (Å²) in [6.07, 6.45) is 7.21. The van der Waals surface area contributed by atoms with Crippen molar-refractivity contribution in [1.29, 1.82) is 0 Å². The average Bonchev–Trinajstić information content (AvgIpc) is 3.59. The van der Waals surface area contributed by atoms with Crippen LogP contribution in [0.4, 0.5) is 10.1 Å². The van der Waals surface area contributed by atoms with Gasteiger partial charge in [-0.25, -0.2) is 14.4 Å². The molecule has 0 spiro atoms. The number of aromatic nitrogens is 2. The molecule has 11 heteroatoms. The van der Waals surface area contributed by atoms with Gasteiger partial charge in [0.15, 0.2) is 0 Å². The van der Waals surface area contributed by atoms with E-state index >= 15 is 0 Å². The number of nitrogens with two attached hydrogens (primary N) is 1. The molecule has 1 saturated carbocycles. The Balaban J connectivity index is 1.13. The predicted octanol–water partition coefficient (Wildman–Crippen LogP) is -0.346. The summed E-state index contributed by atoms with van der Waals surface area (Å²) in [5, 5.41) is 9.98. The van der Waals surface area contributed by atoms with Crippen molar-refractivity contribution in [2.45, 2.75) is 31.2 Å². The fourth-order valence-corrected chi connectivity index (χ4v) is 4.30. The Bertz CT molecular complexity index is 1080. The van der Waals surface area contributed by atoms with Gasteiger partial charge < -0.3 is 15.5 Å². The standard InChI is InChI=1S/C22H25FN8O2/c23-16-2-1-3-17(18(16)19-28-30-29-19)31-8-4-14(5-9-31)10-26-21(33)22(6-7-22)27-20(32)15-11-24-13-25-12-15/h1-3,11-14,30H,4-10H2,(H,26,33)(H,27,32)(H,28,29)/p+1. The Morgan fingerprint density at radius 2 is 1.94 bits per heavy atom. The second-order valence-electron chi connectivity index (χ2n) is 8.69. The molecular weight excluding hydrogens is 427 g/mol. The summed E-state index contributed by atoms with van der Waals surface area (Å²) in [5.74, 6) is 0.0959. The van der Waals surface area contributed by atoms with E-state index in [1.54, 1.807) is 11.6 Å². The van der Waals surface area contributed by atoms with E-state index in [-0.39, 0.29) is 17.6 Å². The minimum Gasteiger partial charge on any atom is -0.371 e. The van der Waals surface area contributed by atoms with Crippen molar-refractivity contribution in [1.82, 2.24) is 26.0 Å². The summed E-state index contributed by atoms with van der Waals surface area (Å²) in [4.78, 5) is 35.0. The Kier molecular flexibility index (Phi) is 5.63. The van der Waals surface area contributed by atoms with Gasteiger partial charge in [-0.15, -0.1) is 5.53 Å². The van der Waals surface area contributed by atoms with Crippen LogP contribution in [0, 0.1) is 11.7 Å². The Morgan fingerprint density at radius 1 is 1.21 bits per heavy atom. The van der Waals surface area contributed by atoms with E-state index in [4.69, 9.17) is 0 Å². The van der Waals surface area contributed by atoms with Gasteiger partial charge in [0.2, 0.25) is 11.7 Å². The molecule has 2 amide bonds.